The Labute approximate surface area is 81.1 Å². The number of carbonyl (C=O) groups is 1. The van der Waals surface area contributed by atoms with Crippen LogP contribution in [0, 0.1) is 17.8 Å². The molecule has 0 aliphatic heterocycles. The van der Waals surface area contributed by atoms with Gasteiger partial charge in [0, 0.05) is 5.92 Å². The molecule has 0 saturated heterocycles. The number of likely N-dealkylation sites (N-methyl/N-ethyl adjacent to an activating group) is 1. The number of hydrogen-bond donors (Lipinski definition) is 1. The Hall–Kier alpha value is -0.370. The van der Waals surface area contributed by atoms with Crippen molar-refractivity contribution < 1.29 is 4.79 Å². The van der Waals surface area contributed by atoms with Crippen molar-refractivity contribution in [1.82, 2.24) is 5.32 Å². The van der Waals surface area contributed by atoms with E-state index in [9.17, 15) is 4.79 Å². The van der Waals surface area contributed by atoms with E-state index < -0.39 is 0 Å². The van der Waals surface area contributed by atoms with E-state index in [1.54, 1.807) is 0 Å². The average Bonchev–Trinajstić information content (AvgIpc) is 2.03. The van der Waals surface area contributed by atoms with E-state index in [4.69, 9.17) is 0 Å². The lowest BCUT2D eigenvalue weighted by Gasteiger charge is -2.30. The molecule has 13 heavy (non-hydrogen) atoms. The Morgan fingerprint density at radius 2 is 1.77 bits per heavy atom. The molecule has 0 aromatic carbocycles. The van der Waals surface area contributed by atoms with Crippen molar-refractivity contribution >= 4 is 5.78 Å². The fourth-order valence-corrected chi connectivity index (χ4v) is 2.53. The van der Waals surface area contributed by atoms with Crippen LogP contribution in [0.25, 0.3) is 0 Å². The standard InChI is InChI=1S/C11H21NO/c1-8-4-9(2)6-10(5-8)11(13)7-12-3/h8-10,12H,4-7H2,1-3H3. The molecule has 0 radical (unpaired) electrons. The maximum atomic E-state index is 11.6. The molecule has 2 nitrogen and oxygen atoms in total. The van der Waals surface area contributed by atoms with Gasteiger partial charge in [0.05, 0.1) is 6.54 Å². The normalized spacial score (nSPS) is 34.5. The number of rotatable bonds is 3. The summed E-state index contributed by atoms with van der Waals surface area (Å²) in [7, 11) is 1.84. The van der Waals surface area contributed by atoms with E-state index >= 15 is 0 Å². The summed E-state index contributed by atoms with van der Waals surface area (Å²) in [5, 5.41) is 2.94. The van der Waals surface area contributed by atoms with Gasteiger partial charge in [-0.2, -0.15) is 0 Å². The Morgan fingerprint density at radius 1 is 1.23 bits per heavy atom. The molecule has 76 valence electrons. The minimum absolute atomic E-state index is 0.325. The largest absolute Gasteiger partial charge is 0.313 e. The second-order valence-electron chi connectivity index (χ2n) is 4.61. The van der Waals surface area contributed by atoms with Gasteiger partial charge in [-0.1, -0.05) is 13.8 Å². The SMILES string of the molecule is CNCC(=O)C1CC(C)CC(C)C1. The second kappa shape index (κ2) is 4.75. The van der Waals surface area contributed by atoms with Crippen molar-refractivity contribution in [3.8, 4) is 0 Å². The minimum atomic E-state index is 0.325. The fraction of sp³-hybridized carbons (Fsp3) is 0.909. The number of ketones is 1. The molecule has 2 unspecified atom stereocenters. The first-order chi connectivity index (χ1) is 6.13. The van der Waals surface area contributed by atoms with Crippen molar-refractivity contribution in [1.29, 1.82) is 0 Å². The maximum absolute atomic E-state index is 11.6. The Morgan fingerprint density at radius 3 is 2.23 bits per heavy atom. The molecule has 1 aliphatic rings. The third-order valence-corrected chi connectivity index (χ3v) is 2.98. The fourth-order valence-electron chi connectivity index (χ4n) is 2.53. The van der Waals surface area contributed by atoms with Gasteiger partial charge in [-0.3, -0.25) is 4.79 Å². The number of hydrogen-bond acceptors (Lipinski definition) is 2. The number of carbonyl (C=O) groups excluding carboxylic acids is 1. The molecule has 0 aromatic rings. The molecule has 1 aliphatic carbocycles. The van der Waals surface area contributed by atoms with Gasteiger partial charge in [0.1, 0.15) is 5.78 Å². The molecule has 1 rings (SSSR count). The average molecular weight is 183 g/mol. The molecule has 1 saturated carbocycles. The summed E-state index contributed by atoms with van der Waals surface area (Å²) in [6, 6.07) is 0. The Kier molecular flexibility index (Phi) is 3.91. The van der Waals surface area contributed by atoms with Gasteiger partial charge in [0.15, 0.2) is 0 Å². The highest BCUT2D eigenvalue weighted by molar-refractivity contribution is 5.83. The van der Waals surface area contributed by atoms with Crippen molar-refractivity contribution in [2.24, 2.45) is 17.8 Å². The summed E-state index contributed by atoms with van der Waals surface area (Å²) >= 11 is 0. The van der Waals surface area contributed by atoms with Gasteiger partial charge in [-0.25, -0.2) is 0 Å². The van der Waals surface area contributed by atoms with Gasteiger partial charge in [-0.15, -0.1) is 0 Å². The predicted octanol–water partition coefficient (Wildman–Crippen LogP) is 1.85. The summed E-state index contributed by atoms with van der Waals surface area (Å²) in [5.41, 5.74) is 0. The first-order valence-electron chi connectivity index (χ1n) is 5.30. The monoisotopic (exact) mass is 183 g/mol. The van der Waals surface area contributed by atoms with Crippen molar-refractivity contribution in [3.63, 3.8) is 0 Å². The predicted molar refractivity (Wildman–Crippen MR) is 54.6 cm³/mol. The van der Waals surface area contributed by atoms with Crippen LogP contribution in [-0.4, -0.2) is 19.4 Å². The summed E-state index contributed by atoms with van der Waals surface area (Å²) in [6.45, 7) is 5.06. The minimum Gasteiger partial charge on any atom is -0.313 e. The van der Waals surface area contributed by atoms with Crippen molar-refractivity contribution in [2.75, 3.05) is 13.6 Å². The van der Waals surface area contributed by atoms with Gasteiger partial charge in [0.25, 0.3) is 0 Å². The van der Waals surface area contributed by atoms with E-state index in [2.05, 4.69) is 19.2 Å². The smallest absolute Gasteiger partial charge is 0.149 e. The third kappa shape index (κ3) is 3.11. The van der Waals surface area contributed by atoms with Crippen LogP contribution in [0.3, 0.4) is 0 Å². The van der Waals surface area contributed by atoms with E-state index in [0.29, 0.717) is 18.2 Å². The molecular weight excluding hydrogens is 162 g/mol. The van der Waals surface area contributed by atoms with Crippen LogP contribution >= 0.6 is 0 Å². The first-order valence-corrected chi connectivity index (χ1v) is 5.30. The molecule has 2 atom stereocenters. The highest BCUT2D eigenvalue weighted by atomic mass is 16.1. The number of nitrogens with one attached hydrogen (secondary N) is 1. The van der Waals surface area contributed by atoms with Gasteiger partial charge < -0.3 is 5.32 Å². The van der Waals surface area contributed by atoms with E-state index in [1.807, 2.05) is 7.05 Å². The summed E-state index contributed by atoms with van der Waals surface area (Å²) < 4.78 is 0. The van der Waals surface area contributed by atoms with Gasteiger partial charge >= 0.3 is 0 Å². The molecular formula is C11H21NO. The highest BCUT2D eigenvalue weighted by Crippen LogP contribution is 2.33. The lowest BCUT2D eigenvalue weighted by molar-refractivity contribution is -0.123. The Bertz CT molecular complexity index is 169. The van der Waals surface area contributed by atoms with Crippen LogP contribution in [0.4, 0.5) is 0 Å². The highest BCUT2D eigenvalue weighted by Gasteiger charge is 2.27. The zero-order valence-corrected chi connectivity index (χ0v) is 8.97. The Balaban J connectivity index is 2.45. The number of Topliss-reactive ketones (excluding diaryl/α,β-unsaturated/α-hetero) is 1. The molecule has 2 heteroatoms. The molecule has 0 amide bonds. The maximum Gasteiger partial charge on any atom is 0.149 e. The molecule has 1 N–H and O–H groups in total. The van der Waals surface area contributed by atoms with Gasteiger partial charge in [0.2, 0.25) is 0 Å². The summed E-state index contributed by atoms with van der Waals surface area (Å²) in [6.07, 6.45) is 3.50. The van der Waals surface area contributed by atoms with Crippen LogP contribution in [-0.2, 0) is 4.79 Å². The van der Waals surface area contributed by atoms with Crippen LogP contribution in [0.5, 0.6) is 0 Å². The van der Waals surface area contributed by atoms with Crippen LogP contribution < -0.4 is 5.32 Å². The molecule has 1 fully saturated rings. The lowest BCUT2D eigenvalue weighted by Crippen LogP contribution is -2.31. The summed E-state index contributed by atoms with van der Waals surface area (Å²) in [4.78, 5) is 11.6. The summed E-state index contributed by atoms with van der Waals surface area (Å²) in [5.74, 6) is 2.19. The molecule has 0 bridgehead atoms. The zero-order chi connectivity index (χ0) is 9.84. The molecule has 0 heterocycles. The molecule has 0 spiro atoms. The van der Waals surface area contributed by atoms with Crippen LogP contribution in [0.15, 0.2) is 0 Å². The van der Waals surface area contributed by atoms with Crippen LogP contribution in [0.1, 0.15) is 33.1 Å². The van der Waals surface area contributed by atoms with Crippen LogP contribution in [0.2, 0.25) is 0 Å². The third-order valence-electron chi connectivity index (χ3n) is 2.98. The lowest BCUT2D eigenvalue weighted by atomic mass is 9.75. The van der Waals surface area contributed by atoms with Crippen molar-refractivity contribution in [3.05, 3.63) is 0 Å². The quantitative estimate of drug-likeness (QED) is 0.723. The first kappa shape index (κ1) is 10.7. The van der Waals surface area contributed by atoms with Crippen molar-refractivity contribution in [2.45, 2.75) is 33.1 Å². The second-order valence-corrected chi connectivity index (χ2v) is 4.61. The molecule has 0 aromatic heterocycles. The van der Waals surface area contributed by atoms with E-state index in [0.717, 1.165) is 24.7 Å². The van der Waals surface area contributed by atoms with E-state index in [-0.39, 0.29) is 0 Å². The zero-order valence-electron chi connectivity index (χ0n) is 8.97. The topological polar surface area (TPSA) is 29.1 Å². The van der Waals surface area contributed by atoms with E-state index in [1.165, 1.54) is 6.42 Å². The van der Waals surface area contributed by atoms with Gasteiger partial charge in [-0.05, 0) is 38.1 Å².